The summed E-state index contributed by atoms with van der Waals surface area (Å²) in [5, 5.41) is 8.47. The minimum atomic E-state index is 0.404. The van der Waals surface area contributed by atoms with Crippen molar-refractivity contribution >= 4 is 23.0 Å². The van der Waals surface area contributed by atoms with Gasteiger partial charge in [0, 0.05) is 13.6 Å². The van der Waals surface area contributed by atoms with Crippen LogP contribution in [0, 0.1) is 19.8 Å². The first-order valence-corrected chi connectivity index (χ1v) is 6.76. The highest BCUT2D eigenvalue weighted by molar-refractivity contribution is 7.80. The summed E-state index contributed by atoms with van der Waals surface area (Å²) in [4.78, 5) is 2.54. The van der Waals surface area contributed by atoms with Gasteiger partial charge in [-0.1, -0.05) is 18.6 Å². The maximum atomic E-state index is 5.84. The molecule has 0 aromatic carbocycles. The molecule has 2 N–H and O–H groups in total. The van der Waals surface area contributed by atoms with E-state index in [4.69, 9.17) is 18.0 Å². The van der Waals surface area contributed by atoms with Crippen LogP contribution in [0.2, 0.25) is 0 Å². The van der Waals surface area contributed by atoms with E-state index in [1.54, 1.807) is 0 Å². The quantitative estimate of drug-likeness (QED) is 0.843. The first-order valence-electron chi connectivity index (χ1n) is 6.35. The van der Waals surface area contributed by atoms with Crippen LogP contribution in [0.15, 0.2) is 0 Å². The van der Waals surface area contributed by atoms with Gasteiger partial charge in [0.05, 0.1) is 11.3 Å². The minimum absolute atomic E-state index is 0.404. The zero-order chi connectivity index (χ0) is 13.3. The van der Waals surface area contributed by atoms with Gasteiger partial charge in [0.1, 0.15) is 4.99 Å². The molecule has 0 bridgehead atoms. The Morgan fingerprint density at radius 1 is 1.39 bits per heavy atom. The van der Waals surface area contributed by atoms with E-state index in [0.717, 1.165) is 35.1 Å². The monoisotopic (exact) mass is 264 g/mol. The molecule has 0 unspecified atom stereocenters. The Balaban J connectivity index is 2.30. The predicted octanol–water partition coefficient (Wildman–Crippen LogP) is 1.96. The Hall–Kier alpha value is -1.23. The molecule has 1 fully saturated rings. The van der Waals surface area contributed by atoms with Crippen LogP contribution in [0.3, 0.4) is 0 Å². The van der Waals surface area contributed by atoms with Crippen LogP contribution in [0.5, 0.6) is 0 Å². The zero-order valence-corrected chi connectivity index (χ0v) is 12.0. The molecule has 2 rings (SSSR count). The summed E-state index contributed by atoms with van der Waals surface area (Å²) in [5.74, 6) is 1.59. The lowest BCUT2D eigenvalue weighted by atomic mass is 9.85. The number of aromatic nitrogens is 2. The SMILES string of the molecule is Cc1nnc(N(C)CC2CCC2)c(C(N)=S)c1C. The van der Waals surface area contributed by atoms with Crippen LogP contribution in [-0.4, -0.2) is 28.8 Å². The Kier molecular flexibility index (Phi) is 3.80. The summed E-state index contributed by atoms with van der Waals surface area (Å²) in [6.07, 6.45) is 3.97. The summed E-state index contributed by atoms with van der Waals surface area (Å²) in [5.41, 5.74) is 8.63. The lowest BCUT2D eigenvalue weighted by Crippen LogP contribution is -2.32. The topological polar surface area (TPSA) is 55.0 Å². The molecule has 1 saturated carbocycles. The van der Waals surface area contributed by atoms with E-state index in [9.17, 15) is 0 Å². The zero-order valence-electron chi connectivity index (χ0n) is 11.2. The van der Waals surface area contributed by atoms with Crippen molar-refractivity contribution in [1.29, 1.82) is 0 Å². The lowest BCUT2D eigenvalue weighted by molar-refractivity contribution is 0.321. The normalized spacial score (nSPS) is 15.3. The third kappa shape index (κ3) is 2.46. The maximum absolute atomic E-state index is 5.84. The van der Waals surface area contributed by atoms with Crippen molar-refractivity contribution in [3.8, 4) is 0 Å². The molecule has 98 valence electrons. The molecule has 0 saturated heterocycles. The predicted molar refractivity (Wildman–Crippen MR) is 78.0 cm³/mol. The van der Waals surface area contributed by atoms with Gasteiger partial charge in [0.15, 0.2) is 5.82 Å². The molecule has 0 radical (unpaired) electrons. The molecule has 0 spiro atoms. The molecule has 0 amide bonds. The van der Waals surface area contributed by atoms with E-state index in [-0.39, 0.29) is 0 Å². The molecule has 0 atom stereocenters. The molecule has 5 heteroatoms. The van der Waals surface area contributed by atoms with Crippen LogP contribution in [0.25, 0.3) is 0 Å². The molecule has 1 aromatic heterocycles. The second-order valence-electron chi connectivity index (χ2n) is 5.15. The van der Waals surface area contributed by atoms with Crippen molar-refractivity contribution in [2.24, 2.45) is 11.7 Å². The molecular weight excluding hydrogens is 244 g/mol. The Labute approximate surface area is 114 Å². The number of nitrogens with zero attached hydrogens (tertiary/aromatic N) is 3. The van der Waals surface area contributed by atoms with Crippen molar-refractivity contribution in [2.45, 2.75) is 33.1 Å². The first-order chi connectivity index (χ1) is 8.50. The number of nitrogens with two attached hydrogens (primary N) is 1. The van der Waals surface area contributed by atoms with Gasteiger partial charge in [0.2, 0.25) is 0 Å². The van der Waals surface area contributed by atoms with Crippen LogP contribution >= 0.6 is 12.2 Å². The Morgan fingerprint density at radius 3 is 2.56 bits per heavy atom. The van der Waals surface area contributed by atoms with Gasteiger partial charge < -0.3 is 10.6 Å². The molecule has 18 heavy (non-hydrogen) atoms. The summed E-state index contributed by atoms with van der Waals surface area (Å²) in [6.45, 7) is 4.94. The highest BCUT2D eigenvalue weighted by Gasteiger charge is 2.22. The molecule has 1 aliphatic rings. The van der Waals surface area contributed by atoms with Crippen molar-refractivity contribution in [2.75, 3.05) is 18.5 Å². The van der Waals surface area contributed by atoms with Gasteiger partial charge in [-0.3, -0.25) is 0 Å². The van der Waals surface area contributed by atoms with E-state index in [0.29, 0.717) is 4.99 Å². The highest BCUT2D eigenvalue weighted by atomic mass is 32.1. The fourth-order valence-corrected chi connectivity index (χ4v) is 2.55. The van der Waals surface area contributed by atoms with Gasteiger partial charge in [-0.2, -0.15) is 5.10 Å². The summed E-state index contributed by atoms with van der Waals surface area (Å²) in [6, 6.07) is 0. The molecule has 1 aliphatic carbocycles. The second kappa shape index (κ2) is 5.18. The van der Waals surface area contributed by atoms with Gasteiger partial charge in [-0.05, 0) is 38.2 Å². The van der Waals surface area contributed by atoms with Crippen LogP contribution in [-0.2, 0) is 0 Å². The van der Waals surface area contributed by atoms with E-state index >= 15 is 0 Å². The van der Waals surface area contributed by atoms with E-state index < -0.39 is 0 Å². The average molecular weight is 264 g/mol. The number of thiocarbonyl (C=S) groups is 1. The molecular formula is C13H20N4S. The summed E-state index contributed by atoms with van der Waals surface area (Å²) < 4.78 is 0. The van der Waals surface area contributed by atoms with E-state index in [1.165, 1.54) is 19.3 Å². The van der Waals surface area contributed by atoms with Gasteiger partial charge >= 0.3 is 0 Å². The van der Waals surface area contributed by atoms with Crippen LogP contribution < -0.4 is 10.6 Å². The number of aryl methyl sites for hydroxylation is 1. The highest BCUT2D eigenvalue weighted by Crippen LogP contribution is 2.29. The van der Waals surface area contributed by atoms with Gasteiger partial charge in [0.25, 0.3) is 0 Å². The average Bonchev–Trinajstić information content (AvgIpc) is 2.26. The number of hydrogen-bond acceptors (Lipinski definition) is 4. The summed E-state index contributed by atoms with van der Waals surface area (Å²) in [7, 11) is 2.04. The fourth-order valence-electron chi connectivity index (χ4n) is 2.31. The Morgan fingerprint density at radius 2 is 2.06 bits per heavy atom. The van der Waals surface area contributed by atoms with Crippen molar-refractivity contribution < 1.29 is 0 Å². The Bertz CT molecular complexity index is 468. The number of rotatable bonds is 4. The van der Waals surface area contributed by atoms with Gasteiger partial charge in [-0.15, -0.1) is 5.10 Å². The summed E-state index contributed by atoms with van der Waals surface area (Å²) >= 11 is 5.16. The minimum Gasteiger partial charge on any atom is -0.389 e. The standard InChI is InChI=1S/C13H20N4S/c1-8-9(2)15-16-13(11(8)12(14)18)17(3)7-10-5-4-6-10/h10H,4-7H2,1-3H3,(H2,14,18). The molecule has 1 aromatic rings. The lowest BCUT2D eigenvalue weighted by Gasteiger charge is -2.31. The van der Waals surface area contributed by atoms with E-state index in [1.807, 2.05) is 20.9 Å². The largest absolute Gasteiger partial charge is 0.389 e. The van der Waals surface area contributed by atoms with Crippen molar-refractivity contribution in [3.05, 3.63) is 16.8 Å². The molecule has 0 aliphatic heterocycles. The third-order valence-corrected chi connectivity index (χ3v) is 4.00. The van der Waals surface area contributed by atoms with Gasteiger partial charge in [-0.25, -0.2) is 0 Å². The molecule has 1 heterocycles. The fraction of sp³-hybridized carbons (Fsp3) is 0.615. The van der Waals surface area contributed by atoms with Crippen LogP contribution in [0.4, 0.5) is 5.82 Å². The van der Waals surface area contributed by atoms with Crippen molar-refractivity contribution in [3.63, 3.8) is 0 Å². The maximum Gasteiger partial charge on any atom is 0.161 e. The van der Waals surface area contributed by atoms with E-state index in [2.05, 4.69) is 15.1 Å². The number of anilines is 1. The van der Waals surface area contributed by atoms with Crippen molar-refractivity contribution in [1.82, 2.24) is 10.2 Å². The third-order valence-electron chi connectivity index (χ3n) is 3.80. The number of hydrogen-bond donors (Lipinski definition) is 1. The van der Waals surface area contributed by atoms with Crippen LogP contribution in [0.1, 0.15) is 36.1 Å². The first kappa shape index (κ1) is 13.2. The molecule has 4 nitrogen and oxygen atoms in total. The smallest absolute Gasteiger partial charge is 0.161 e. The second-order valence-corrected chi connectivity index (χ2v) is 5.59.